The molecule has 0 unspecified atom stereocenters. The molecule has 60 valence electrons. The van der Waals surface area contributed by atoms with E-state index in [2.05, 4.69) is 0 Å². The third-order valence-electron chi connectivity index (χ3n) is 1.06. The molecule has 0 atom stereocenters. The second kappa shape index (κ2) is 4.71. The number of hydrogen-bond acceptors (Lipinski definition) is 3. The van der Waals surface area contributed by atoms with Crippen molar-refractivity contribution in [2.45, 2.75) is 6.61 Å². The molecule has 0 amide bonds. The van der Waals surface area contributed by atoms with E-state index >= 15 is 0 Å². The minimum atomic E-state index is -0.154. The van der Waals surface area contributed by atoms with Crippen LogP contribution in [0.5, 0.6) is 0 Å². The van der Waals surface area contributed by atoms with Crippen LogP contribution in [0.4, 0.5) is 0 Å². The number of halogens is 1. The van der Waals surface area contributed by atoms with Crippen molar-refractivity contribution in [3.05, 3.63) is 22.4 Å². The van der Waals surface area contributed by atoms with E-state index in [9.17, 15) is 4.79 Å². The minimum Gasteiger partial charge on any atom is -0.459 e. The predicted octanol–water partition coefficient (Wildman–Crippen LogP) is 2.23. The van der Waals surface area contributed by atoms with Crippen LogP contribution in [-0.2, 0) is 16.1 Å². The van der Waals surface area contributed by atoms with E-state index in [-0.39, 0.29) is 5.97 Å². The van der Waals surface area contributed by atoms with Gasteiger partial charge in [-0.2, -0.15) is 0 Å². The van der Waals surface area contributed by atoms with Gasteiger partial charge in [-0.05, 0) is 11.4 Å². The highest BCUT2D eigenvalue weighted by molar-refractivity contribution is 14.1. The lowest BCUT2D eigenvalue weighted by molar-refractivity contribution is -0.141. The lowest BCUT2D eigenvalue weighted by atomic mass is 10.5. The van der Waals surface area contributed by atoms with Crippen molar-refractivity contribution in [3.8, 4) is 0 Å². The molecule has 0 aliphatic rings. The van der Waals surface area contributed by atoms with Gasteiger partial charge in [0.1, 0.15) is 6.61 Å². The number of carbonyl (C=O) groups excluding carboxylic acids is 1. The average Bonchev–Trinajstić information content (AvgIpc) is 2.52. The molecule has 1 heterocycles. The lowest BCUT2D eigenvalue weighted by Gasteiger charge is -1.98. The summed E-state index contributed by atoms with van der Waals surface area (Å²) in [6, 6.07) is 3.89. The Bertz CT molecular complexity index is 220. The zero-order valence-corrected chi connectivity index (χ0v) is 8.72. The Morgan fingerprint density at radius 2 is 2.55 bits per heavy atom. The molecule has 0 saturated heterocycles. The molecular weight excluding hydrogens is 275 g/mol. The zero-order valence-electron chi connectivity index (χ0n) is 5.75. The molecule has 0 aliphatic carbocycles. The number of alkyl halides is 1. The summed E-state index contributed by atoms with van der Waals surface area (Å²) in [5.41, 5.74) is 0. The van der Waals surface area contributed by atoms with E-state index in [0.29, 0.717) is 11.0 Å². The fraction of sp³-hybridized carbons (Fsp3) is 0.286. The van der Waals surface area contributed by atoms with E-state index in [1.54, 1.807) is 11.3 Å². The Labute approximate surface area is 82.7 Å². The number of hydrogen-bond donors (Lipinski definition) is 0. The van der Waals surface area contributed by atoms with E-state index in [0.717, 1.165) is 4.88 Å². The van der Waals surface area contributed by atoms with Crippen LogP contribution in [0, 0.1) is 0 Å². The molecule has 2 nitrogen and oxygen atoms in total. The molecule has 0 spiro atoms. The molecule has 0 N–H and O–H groups in total. The molecule has 0 saturated carbocycles. The summed E-state index contributed by atoms with van der Waals surface area (Å²) in [7, 11) is 0. The van der Waals surface area contributed by atoms with Gasteiger partial charge in [-0.3, -0.25) is 4.79 Å². The zero-order chi connectivity index (χ0) is 8.10. The quantitative estimate of drug-likeness (QED) is 0.483. The number of rotatable bonds is 3. The Balaban J connectivity index is 2.29. The van der Waals surface area contributed by atoms with Crippen LogP contribution in [0.1, 0.15) is 4.88 Å². The number of thiophene rings is 1. The largest absolute Gasteiger partial charge is 0.459 e. The van der Waals surface area contributed by atoms with Crippen LogP contribution in [0.15, 0.2) is 17.5 Å². The van der Waals surface area contributed by atoms with Crippen LogP contribution in [0.3, 0.4) is 0 Å². The SMILES string of the molecule is O=C(CI)OCc1cccs1. The summed E-state index contributed by atoms with van der Waals surface area (Å²) in [5.74, 6) is -0.154. The molecule has 1 aromatic rings. The summed E-state index contributed by atoms with van der Waals surface area (Å²) in [5, 5.41) is 1.97. The van der Waals surface area contributed by atoms with Crippen molar-refractivity contribution in [2.24, 2.45) is 0 Å². The number of carbonyl (C=O) groups is 1. The van der Waals surface area contributed by atoms with Gasteiger partial charge in [0.05, 0.1) is 4.43 Å². The molecule has 11 heavy (non-hydrogen) atoms. The first kappa shape index (κ1) is 8.99. The molecule has 1 rings (SSSR count). The van der Waals surface area contributed by atoms with Crippen molar-refractivity contribution in [1.29, 1.82) is 0 Å². The van der Waals surface area contributed by atoms with Gasteiger partial charge in [-0.15, -0.1) is 11.3 Å². The van der Waals surface area contributed by atoms with E-state index < -0.39 is 0 Å². The van der Waals surface area contributed by atoms with Gasteiger partial charge in [0.2, 0.25) is 0 Å². The van der Waals surface area contributed by atoms with Crippen LogP contribution in [0.2, 0.25) is 0 Å². The van der Waals surface area contributed by atoms with Crippen LogP contribution < -0.4 is 0 Å². The van der Waals surface area contributed by atoms with Crippen LogP contribution in [-0.4, -0.2) is 10.4 Å². The van der Waals surface area contributed by atoms with E-state index in [4.69, 9.17) is 4.74 Å². The van der Waals surface area contributed by atoms with Crippen LogP contribution in [0.25, 0.3) is 0 Å². The molecule has 1 aromatic heterocycles. The summed E-state index contributed by atoms with van der Waals surface area (Å²) < 4.78 is 5.32. The minimum absolute atomic E-state index is 0.154. The first-order valence-corrected chi connectivity index (χ1v) is 5.47. The molecule has 0 bridgehead atoms. The van der Waals surface area contributed by atoms with Gasteiger partial charge in [-0.25, -0.2) is 0 Å². The smallest absolute Gasteiger partial charge is 0.316 e. The maximum atomic E-state index is 10.7. The Morgan fingerprint density at radius 3 is 3.09 bits per heavy atom. The summed E-state index contributed by atoms with van der Waals surface area (Å²) in [4.78, 5) is 11.8. The van der Waals surface area contributed by atoms with Gasteiger partial charge in [0, 0.05) is 4.88 Å². The number of esters is 1. The second-order valence-corrected chi connectivity index (χ2v) is 3.67. The number of ether oxygens (including phenoxy) is 1. The highest BCUT2D eigenvalue weighted by Crippen LogP contribution is 2.09. The Morgan fingerprint density at radius 1 is 1.73 bits per heavy atom. The van der Waals surface area contributed by atoms with Crippen molar-refractivity contribution >= 4 is 39.9 Å². The van der Waals surface area contributed by atoms with Crippen molar-refractivity contribution in [3.63, 3.8) is 0 Å². The van der Waals surface area contributed by atoms with Gasteiger partial charge < -0.3 is 4.74 Å². The monoisotopic (exact) mass is 282 g/mol. The standard InChI is InChI=1S/C7H7IO2S/c8-4-7(9)10-5-6-2-1-3-11-6/h1-3H,4-5H2. The molecule has 0 aliphatic heterocycles. The first-order valence-electron chi connectivity index (χ1n) is 3.07. The topological polar surface area (TPSA) is 26.3 Å². The van der Waals surface area contributed by atoms with E-state index in [1.807, 2.05) is 40.1 Å². The lowest BCUT2D eigenvalue weighted by Crippen LogP contribution is -2.03. The normalized spacial score (nSPS) is 9.55. The van der Waals surface area contributed by atoms with Crippen molar-refractivity contribution < 1.29 is 9.53 Å². The van der Waals surface area contributed by atoms with Crippen molar-refractivity contribution in [2.75, 3.05) is 4.43 Å². The third-order valence-corrected chi connectivity index (χ3v) is 2.54. The Kier molecular flexibility index (Phi) is 3.85. The van der Waals surface area contributed by atoms with Gasteiger partial charge in [0.15, 0.2) is 0 Å². The third kappa shape index (κ3) is 3.20. The maximum absolute atomic E-state index is 10.7. The van der Waals surface area contributed by atoms with Gasteiger partial charge in [-0.1, -0.05) is 28.7 Å². The predicted molar refractivity (Wildman–Crippen MR) is 53.0 cm³/mol. The van der Waals surface area contributed by atoms with Gasteiger partial charge in [0.25, 0.3) is 0 Å². The molecule has 4 heteroatoms. The molecular formula is C7H7IO2S. The van der Waals surface area contributed by atoms with Crippen molar-refractivity contribution in [1.82, 2.24) is 0 Å². The summed E-state index contributed by atoms with van der Waals surface area (Å²) in [6.45, 7) is 0.416. The molecule has 0 aromatic carbocycles. The van der Waals surface area contributed by atoms with E-state index in [1.165, 1.54) is 0 Å². The highest BCUT2D eigenvalue weighted by Gasteiger charge is 1.99. The highest BCUT2D eigenvalue weighted by atomic mass is 127. The van der Waals surface area contributed by atoms with Gasteiger partial charge >= 0.3 is 5.97 Å². The first-order chi connectivity index (χ1) is 5.33. The fourth-order valence-corrected chi connectivity index (χ4v) is 1.42. The average molecular weight is 282 g/mol. The fourth-order valence-electron chi connectivity index (χ4n) is 0.585. The summed E-state index contributed by atoms with van der Waals surface area (Å²) in [6.07, 6.45) is 0. The Hall–Kier alpha value is -0.100. The molecule has 0 fully saturated rings. The van der Waals surface area contributed by atoms with Crippen LogP contribution >= 0.6 is 33.9 Å². The second-order valence-electron chi connectivity index (χ2n) is 1.87. The summed E-state index contributed by atoms with van der Waals surface area (Å²) >= 11 is 3.58. The maximum Gasteiger partial charge on any atom is 0.316 e. The molecule has 0 radical (unpaired) electrons.